The van der Waals surface area contributed by atoms with Crippen LogP contribution in [0.1, 0.15) is 44.7 Å². The van der Waals surface area contributed by atoms with Gasteiger partial charge in [0.1, 0.15) is 0 Å². The van der Waals surface area contributed by atoms with Crippen LogP contribution in [-0.4, -0.2) is 33.5 Å². The van der Waals surface area contributed by atoms with E-state index in [9.17, 15) is 0 Å². The summed E-state index contributed by atoms with van der Waals surface area (Å²) in [5, 5.41) is 0. The fourth-order valence-corrected chi connectivity index (χ4v) is 2.73. The highest BCUT2D eigenvalue weighted by molar-refractivity contribution is 4.95. The van der Waals surface area contributed by atoms with Gasteiger partial charge in [-0.25, -0.2) is 4.98 Å². The summed E-state index contributed by atoms with van der Waals surface area (Å²) in [5.74, 6) is 0. The van der Waals surface area contributed by atoms with E-state index in [0.29, 0.717) is 12.1 Å². The second-order valence-corrected chi connectivity index (χ2v) is 5.12. The first-order chi connectivity index (χ1) is 8.29. The van der Waals surface area contributed by atoms with Crippen molar-refractivity contribution in [2.24, 2.45) is 5.73 Å². The third kappa shape index (κ3) is 3.54. The van der Waals surface area contributed by atoms with Crippen LogP contribution in [0.25, 0.3) is 0 Å². The lowest BCUT2D eigenvalue weighted by Crippen LogP contribution is -2.40. The molecule has 0 amide bonds. The number of aromatic amines is 1. The van der Waals surface area contributed by atoms with Crippen molar-refractivity contribution in [3.05, 3.63) is 18.2 Å². The summed E-state index contributed by atoms with van der Waals surface area (Å²) < 4.78 is 0. The standard InChI is InChI=1S/C13H24N4/c1-2-7-17(9-12-8-15-10-16-12)13-5-3-11(14)4-6-13/h8,10-11,13H,2-7,9,14H2,1H3,(H,15,16). The Bertz CT molecular complexity index is 301. The quantitative estimate of drug-likeness (QED) is 0.821. The maximum atomic E-state index is 5.97. The summed E-state index contributed by atoms with van der Waals surface area (Å²) in [6.07, 6.45) is 9.73. The summed E-state index contributed by atoms with van der Waals surface area (Å²) in [6.45, 7) is 4.40. The van der Waals surface area contributed by atoms with Crippen LogP contribution >= 0.6 is 0 Å². The molecule has 4 heteroatoms. The van der Waals surface area contributed by atoms with Gasteiger partial charge in [-0.15, -0.1) is 0 Å². The molecule has 1 aliphatic carbocycles. The van der Waals surface area contributed by atoms with Crippen molar-refractivity contribution in [2.45, 2.75) is 57.7 Å². The first kappa shape index (κ1) is 12.6. The molecule has 1 aromatic heterocycles. The lowest BCUT2D eigenvalue weighted by Gasteiger charge is -2.35. The van der Waals surface area contributed by atoms with E-state index < -0.39 is 0 Å². The van der Waals surface area contributed by atoms with Crippen LogP contribution in [-0.2, 0) is 6.54 Å². The Morgan fingerprint density at radius 2 is 2.18 bits per heavy atom. The van der Waals surface area contributed by atoms with Crippen LogP contribution in [0.3, 0.4) is 0 Å². The normalized spacial score (nSPS) is 25.4. The van der Waals surface area contributed by atoms with E-state index in [4.69, 9.17) is 5.73 Å². The molecular formula is C13H24N4. The highest BCUT2D eigenvalue weighted by Gasteiger charge is 2.23. The van der Waals surface area contributed by atoms with Crippen LogP contribution in [0.4, 0.5) is 0 Å². The van der Waals surface area contributed by atoms with Crippen LogP contribution in [0.15, 0.2) is 12.5 Å². The van der Waals surface area contributed by atoms with E-state index in [1.807, 2.05) is 6.20 Å². The Hall–Kier alpha value is -0.870. The van der Waals surface area contributed by atoms with Crippen molar-refractivity contribution in [3.8, 4) is 0 Å². The summed E-state index contributed by atoms with van der Waals surface area (Å²) in [6, 6.07) is 1.14. The van der Waals surface area contributed by atoms with Gasteiger partial charge in [-0.05, 0) is 38.6 Å². The first-order valence-corrected chi connectivity index (χ1v) is 6.76. The number of aromatic nitrogens is 2. The van der Waals surface area contributed by atoms with Crippen LogP contribution in [0.2, 0.25) is 0 Å². The molecule has 0 radical (unpaired) electrons. The molecule has 96 valence electrons. The maximum absolute atomic E-state index is 5.97. The van der Waals surface area contributed by atoms with Gasteiger partial charge >= 0.3 is 0 Å². The molecule has 0 aromatic carbocycles. The molecule has 0 saturated heterocycles. The monoisotopic (exact) mass is 236 g/mol. The van der Waals surface area contributed by atoms with Crippen LogP contribution < -0.4 is 5.73 Å². The molecule has 1 aliphatic rings. The zero-order valence-electron chi connectivity index (χ0n) is 10.7. The second-order valence-electron chi connectivity index (χ2n) is 5.12. The smallest absolute Gasteiger partial charge is 0.0922 e. The molecule has 1 aromatic rings. The lowest BCUT2D eigenvalue weighted by molar-refractivity contribution is 0.140. The predicted octanol–water partition coefficient (Wildman–Crippen LogP) is 1.89. The van der Waals surface area contributed by atoms with Gasteiger partial charge in [-0.2, -0.15) is 0 Å². The number of nitrogens with one attached hydrogen (secondary N) is 1. The van der Waals surface area contributed by atoms with Gasteiger partial charge in [0.05, 0.1) is 6.33 Å². The average Bonchev–Trinajstić information content (AvgIpc) is 2.82. The maximum Gasteiger partial charge on any atom is 0.0922 e. The molecule has 1 heterocycles. The lowest BCUT2D eigenvalue weighted by atomic mass is 9.90. The molecule has 0 unspecified atom stereocenters. The SMILES string of the molecule is CCCN(Cc1cnc[nH]1)C1CCC(N)CC1. The number of hydrogen-bond donors (Lipinski definition) is 2. The molecule has 4 nitrogen and oxygen atoms in total. The van der Waals surface area contributed by atoms with Gasteiger partial charge < -0.3 is 10.7 Å². The second kappa shape index (κ2) is 6.17. The fourth-order valence-electron chi connectivity index (χ4n) is 2.73. The molecular weight excluding hydrogens is 212 g/mol. The van der Waals surface area contributed by atoms with Gasteiger partial charge in [-0.1, -0.05) is 6.92 Å². The Kier molecular flexibility index (Phi) is 4.57. The predicted molar refractivity (Wildman–Crippen MR) is 69.5 cm³/mol. The number of hydrogen-bond acceptors (Lipinski definition) is 3. The Balaban J connectivity index is 1.92. The number of H-pyrrole nitrogens is 1. The summed E-state index contributed by atoms with van der Waals surface area (Å²) in [4.78, 5) is 9.87. The topological polar surface area (TPSA) is 57.9 Å². The van der Waals surface area contributed by atoms with Gasteiger partial charge in [0.2, 0.25) is 0 Å². The number of imidazole rings is 1. The summed E-state index contributed by atoms with van der Waals surface area (Å²) in [5.41, 5.74) is 7.19. The summed E-state index contributed by atoms with van der Waals surface area (Å²) in [7, 11) is 0. The highest BCUT2D eigenvalue weighted by Crippen LogP contribution is 2.23. The highest BCUT2D eigenvalue weighted by atomic mass is 15.2. The van der Waals surface area contributed by atoms with E-state index >= 15 is 0 Å². The van der Waals surface area contributed by atoms with Gasteiger partial charge in [0.25, 0.3) is 0 Å². The van der Waals surface area contributed by atoms with Crippen molar-refractivity contribution < 1.29 is 0 Å². The minimum Gasteiger partial charge on any atom is -0.347 e. The molecule has 3 N–H and O–H groups in total. The molecule has 0 spiro atoms. The van der Waals surface area contributed by atoms with Crippen molar-refractivity contribution in [1.82, 2.24) is 14.9 Å². The molecule has 1 fully saturated rings. The third-order valence-electron chi connectivity index (χ3n) is 3.70. The molecule has 0 atom stereocenters. The van der Waals surface area contributed by atoms with Gasteiger partial charge in [0.15, 0.2) is 0 Å². The fraction of sp³-hybridized carbons (Fsp3) is 0.769. The molecule has 2 rings (SSSR count). The zero-order valence-corrected chi connectivity index (χ0v) is 10.7. The van der Waals surface area contributed by atoms with E-state index in [1.54, 1.807) is 6.33 Å². The van der Waals surface area contributed by atoms with Gasteiger partial charge in [-0.3, -0.25) is 4.90 Å². The van der Waals surface area contributed by atoms with Crippen LogP contribution in [0.5, 0.6) is 0 Å². The first-order valence-electron chi connectivity index (χ1n) is 6.76. The molecule has 1 saturated carbocycles. The Morgan fingerprint density at radius 1 is 1.41 bits per heavy atom. The molecule has 17 heavy (non-hydrogen) atoms. The van der Waals surface area contributed by atoms with Gasteiger partial charge in [0, 0.05) is 30.5 Å². The van der Waals surface area contributed by atoms with Crippen molar-refractivity contribution >= 4 is 0 Å². The Labute approximate surface area is 104 Å². The molecule has 0 bridgehead atoms. The minimum absolute atomic E-state index is 0.432. The van der Waals surface area contributed by atoms with Crippen molar-refractivity contribution in [1.29, 1.82) is 0 Å². The minimum atomic E-state index is 0.432. The average molecular weight is 236 g/mol. The Morgan fingerprint density at radius 3 is 2.76 bits per heavy atom. The van der Waals surface area contributed by atoms with Crippen molar-refractivity contribution in [3.63, 3.8) is 0 Å². The number of nitrogens with two attached hydrogens (primary N) is 1. The van der Waals surface area contributed by atoms with Crippen LogP contribution in [0, 0.1) is 0 Å². The van der Waals surface area contributed by atoms with Crippen molar-refractivity contribution in [2.75, 3.05) is 6.54 Å². The van der Waals surface area contributed by atoms with E-state index in [0.717, 1.165) is 6.54 Å². The third-order valence-corrected chi connectivity index (χ3v) is 3.70. The van der Waals surface area contributed by atoms with E-state index in [2.05, 4.69) is 21.8 Å². The summed E-state index contributed by atoms with van der Waals surface area (Å²) >= 11 is 0. The number of nitrogens with zero attached hydrogens (tertiary/aromatic N) is 2. The largest absolute Gasteiger partial charge is 0.347 e. The zero-order chi connectivity index (χ0) is 12.1. The number of rotatable bonds is 5. The van der Waals surface area contributed by atoms with E-state index in [1.165, 1.54) is 44.3 Å². The molecule has 0 aliphatic heterocycles. The van der Waals surface area contributed by atoms with E-state index in [-0.39, 0.29) is 0 Å².